The first-order valence-corrected chi connectivity index (χ1v) is 13.0. The predicted molar refractivity (Wildman–Crippen MR) is 144 cm³/mol. The van der Waals surface area contributed by atoms with Gasteiger partial charge in [-0.25, -0.2) is 0 Å². The second kappa shape index (κ2) is 10.3. The van der Waals surface area contributed by atoms with E-state index in [1.54, 1.807) is 6.92 Å². The fourth-order valence-electron chi connectivity index (χ4n) is 5.44. The van der Waals surface area contributed by atoms with Gasteiger partial charge in [-0.05, 0) is 54.7 Å². The first kappa shape index (κ1) is 26.1. The zero-order valence-corrected chi connectivity index (χ0v) is 22.0. The van der Waals surface area contributed by atoms with E-state index in [1.165, 1.54) is 18.2 Å². The maximum atomic E-state index is 13.7. The summed E-state index contributed by atoms with van der Waals surface area (Å²) in [4.78, 5) is 32.1. The number of aliphatic imine (C=N–C) groups is 1. The highest BCUT2D eigenvalue weighted by Gasteiger charge is 2.44. The molecule has 0 saturated carbocycles. The lowest BCUT2D eigenvalue weighted by Crippen LogP contribution is -2.40. The van der Waals surface area contributed by atoms with E-state index in [-0.39, 0.29) is 23.8 Å². The maximum Gasteiger partial charge on any atom is 0.418 e. The molecule has 0 aromatic heterocycles. The van der Waals surface area contributed by atoms with E-state index < -0.39 is 29.5 Å². The van der Waals surface area contributed by atoms with Crippen LogP contribution >= 0.6 is 15.9 Å². The van der Waals surface area contributed by atoms with E-state index in [0.29, 0.717) is 23.4 Å². The van der Waals surface area contributed by atoms with Crippen LogP contribution in [-0.4, -0.2) is 17.4 Å². The van der Waals surface area contributed by atoms with E-state index in [0.717, 1.165) is 21.7 Å². The molecule has 0 spiro atoms. The number of hydrogen-bond acceptors (Lipinski definition) is 3. The fourth-order valence-corrected chi connectivity index (χ4v) is 5.70. The standard InChI is InChI=1S/C30H24BrF3N2O2/c1-17-26(29(38)36-23-10-6-5-9-22(23)30(32,33)34)27(19-11-13-21(31)14-12-19)28-24(35-17)15-20(16-25(28)37)18-7-3-2-4-8-18/h2-14,20,26-27H,15-16H2,1H3,(H,36,38)/t20-,26?,27+/m0/s1. The third-order valence-electron chi connectivity index (χ3n) is 7.16. The fraction of sp³-hybridized carbons (Fsp3) is 0.233. The van der Waals surface area contributed by atoms with Crippen molar-refractivity contribution in [2.75, 3.05) is 5.32 Å². The molecule has 3 atom stereocenters. The number of hydrogen-bond donors (Lipinski definition) is 1. The normalized spacial score (nSPS) is 21.6. The van der Waals surface area contributed by atoms with Crippen molar-refractivity contribution in [3.05, 3.63) is 111 Å². The van der Waals surface area contributed by atoms with E-state index in [1.807, 2.05) is 54.6 Å². The van der Waals surface area contributed by atoms with Crippen LogP contribution < -0.4 is 5.32 Å². The van der Waals surface area contributed by atoms with Gasteiger partial charge in [0.2, 0.25) is 5.91 Å². The Bertz CT molecular complexity index is 1450. The first-order valence-electron chi connectivity index (χ1n) is 12.2. The number of para-hydroxylation sites is 1. The van der Waals surface area contributed by atoms with E-state index in [9.17, 15) is 22.8 Å². The number of carbonyl (C=O) groups is 2. The van der Waals surface area contributed by atoms with Gasteiger partial charge in [-0.1, -0.05) is 70.5 Å². The Labute approximate surface area is 226 Å². The van der Waals surface area contributed by atoms with E-state index >= 15 is 0 Å². The Morgan fingerprint density at radius 2 is 1.58 bits per heavy atom. The molecule has 4 nitrogen and oxygen atoms in total. The zero-order chi connectivity index (χ0) is 27.0. The summed E-state index contributed by atoms with van der Waals surface area (Å²) in [7, 11) is 0. The van der Waals surface area contributed by atoms with Crippen molar-refractivity contribution >= 4 is 39.0 Å². The molecule has 194 valence electrons. The Balaban J connectivity index is 1.56. The van der Waals surface area contributed by atoms with Gasteiger partial charge in [-0.2, -0.15) is 13.2 Å². The zero-order valence-electron chi connectivity index (χ0n) is 20.4. The van der Waals surface area contributed by atoms with Crippen LogP contribution in [0.2, 0.25) is 0 Å². The van der Waals surface area contributed by atoms with Gasteiger partial charge in [0, 0.05) is 33.8 Å². The molecule has 38 heavy (non-hydrogen) atoms. The molecular weight excluding hydrogens is 557 g/mol. The summed E-state index contributed by atoms with van der Waals surface area (Å²) in [5, 5.41) is 2.49. The number of nitrogens with zero attached hydrogens (tertiary/aromatic N) is 1. The summed E-state index contributed by atoms with van der Waals surface area (Å²) < 4.78 is 41.7. The second-order valence-corrected chi connectivity index (χ2v) is 10.5. The van der Waals surface area contributed by atoms with Gasteiger partial charge >= 0.3 is 6.18 Å². The largest absolute Gasteiger partial charge is 0.418 e. The smallest absolute Gasteiger partial charge is 0.325 e. The second-order valence-electron chi connectivity index (χ2n) is 9.59. The summed E-state index contributed by atoms with van der Waals surface area (Å²) in [6.45, 7) is 1.70. The van der Waals surface area contributed by atoms with Crippen LogP contribution in [0.25, 0.3) is 0 Å². The minimum Gasteiger partial charge on any atom is -0.325 e. The number of anilines is 1. The number of amides is 1. The molecule has 1 aliphatic carbocycles. The number of halogens is 4. The van der Waals surface area contributed by atoms with Gasteiger partial charge < -0.3 is 5.32 Å². The molecule has 0 saturated heterocycles. The highest BCUT2D eigenvalue weighted by molar-refractivity contribution is 9.10. The minimum absolute atomic E-state index is 0.0337. The minimum atomic E-state index is -4.63. The summed E-state index contributed by atoms with van der Waals surface area (Å²) in [6.07, 6.45) is -3.82. The Morgan fingerprint density at radius 1 is 0.921 bits per heavy atom. The number of Topliss-reactive ketones (excluding diaryl/α,β-unsaturated/α-hetero) is 1. The van der Waals surface area contributed by atoms with Crippen molar-refractivity contribution in [2.24, 2.45) is 10.9 Å². The van der Waals surface area contributed by atoms with Gasteiger partial charge in [0.15, 0.2) is 5.78 Å². The Kier molecular flexibility index (Phi) is 7.09. The van der Waals surface area contributed by atoms with E-state index in [2.05, 4.69) is 21.2 Å². The van der Waals surface area contributed by atoms with Crippen molar-refractivity contribution in [1.29, 1.82) is 0 Å². The molecule has 3 aromatic carbocycles. The van der Waals surface area contributed by atoms with Gasteiger partial charge in [0.1, 0.15) is 0 Å². The average Bonchev–Trinajstić information content (AvgIpc) is 2.88. The highest BCUT2D eigenvalue weighted by atomic mass is 79.9. The van der Waals surface area contributed by atoms with Crippen LogP contribution in [-0.2, 0) is 15.8 Å². The molecule has 0 bridgehead atoms. The maximum absolute atomic E-state index is 13.7. The molecule has 3 aromatic rings. The molecule has 0 radical (unpaired) electrons. The number of carbonyl (C=O) groups excluding carboxylic acids is 2. The predicted octanol–water partition coefficient (Wildman–Crippen LogP) is 7.68. The van der Waals surface area contributed by atoms with Gasteiger partial charge in [0.05, 0.1) is 17.2 Å². The van der Waals surface area contributed by atoms with Crippen molar-refractivity contribution in [3.8, 4) is 0 Å². The lowest BCUT2D eigenvalue weighted by molar-refractivity contribution is -0.137. The van der Waals surface area contributed by atoms with Crippen LogP contribution in [0.5, 0.6) is 0 Å². The third-order valence-corrected chi connectivity index (χ3v) is 7.69. The number of alkyl halides is 3. The number of benzene rings is 3. The topological polar surface area (TPSA) is 58.5 Å². The van der Waals surface area contributed by atoms with Crippen LogP contribution in [0.15, 0.2) is 99.6 Å². The lowest BCUT2D eigenvalue weighted by Gasteiger charge is -2.37. The monoisotopic (exact) mass is 580 g/mol. The number of nitrogens with one attached hydrogen (secondary N) is 1. The van der Waals surface area contributed by atoms with Crippen LogP contribution in [0.1, 0.15) is 48.3 Å². The molecule has 1 aliphatic heterocycles. The third kappa shape index (κ3) is 5.10. The Hall–Kier alpha value is -3.52. The van der Waals surface area contributed by atoms with Crippen molar-refractivity contribution < 1.29 is 22.8 Å². The molecule has 1 amide bonds. The number of ketones is 1. The molecule has 1 N–H and O–H groups in total. The first-order chi connectivity index (χ1) is 18.1. The molecule has 0 fully saturated rings. The summed E-state index contributed by atoms with van der Waals surface area (Å²) in [5.41, 5.74) is 2.08. The highest BCUT2D eigenvalue weighted by Crippen LogP contribution is 2.47. The average molecular weight is 581 g/mol. The van der Waals surface area contributed by atoms with Crippen molar-refractivity contribution in [2.45, 2.75) is 37.8 Å². The quantitative estimate of drug-likeness (QED) is 0.344. The molecule has 8 heteroatoms. The molecule has 1 unspecified atom stereocenters. The van der Waals surface area contributed by atoms with Gasteiger partial charge in [0.25, 0.3) is 0 Å². The molecule has 2 aliphatic rings. The summed E-state index contributed by atoms with van der Waals surface area (Å²) in [6, 6.07) is 22.0. The molecule has 1 heterocycles. The van der Waals surface area contributed by atoms with Crippen molar-refractivity contribution in [1.82, 2.24) is 0 Å². The van der Waals surface area contributed by atoms with Crippen LogP contribution in [0.4, 0.5) is 18.9 Å². The van der Waals surface area contributed by atoms with Crippen LogP contribution in [0, 0.1) is 5.92 Å². The number of allylic oxidation sites excluding steroid dienone is 2. The SMILES string of the molecule is CC1=NC2=C(C(=O)C[C@@H](c3ccccc3)C2)[C@H](c2ccc(Br)cc2)C1C(=O)Nc1ccccc1C(F)(F)F. The number of rotatable bonds is 4. The van der Waals surface area contributed by atoms with Crippen molar-refractivity contribution in [3.63, 3.8) is 0 Å². The molecular formula is C30H24BrF3N2O2. The van der Waals surface area contributed by atoms with Gasteiger partial charge in [-0.3, -0.25) is 14.6 Å². The van der Waals surface area contributed by atoms with Crippen LogP contribution in [0.3, 0.4) is 0 Å². The lowest BCUT2D eigenvalue weighted by atomic mass is 9.69. The Morgan fingerprint density at radius 3 is 2.26 bits per heavy atom. The van der Waals surface area contributed by atoms with Gasteiger partial charge in [-0.15, -0.1) is 0 Å². The summed E-state index contributed by atoms with van der Waals surface area (Å²) in [5.74, 6) is -2.39. The summed E-state index contributed by atoms with van der Waals surface area (Å²) >= 11 is 3.42. The van der Waals surface area contributed by atoms with E-state index in [4.69, 9.17) is 4.99 Å². The molecule has 5 rings (SSSR count).